The smallest absolute Gasteiger partial charge is 0.339 e. The summed E-state index contributed by atoms with van der Waals surface area (Å²) in [5, 5.41) is 8.95. The Balaban J connectivity index is 2.12. The van der Waals surface area contributed by atoms with Crippen molar-refractivity contribution in [3.63, 3.8) is 0 Å². The molecule has 0 unspecified atom stereocenters. The van der Waals surface area contributed by atoms with Crippen molar-refractivity contribution >= 4 is 11.9 Å². The molecule has 4 heteroatoms. The zero-order valence-electron chi connectivity index (χ0n) is 9.39. The number of ether oxygens (including phenoxy) is 1. The lowest BCUT2D eigenvalue weighted by molar-refractivity contribution is -0.138. The van der Waals surface area contributed by atoms with Crippen molar-refractivity contribution in [2.24, 2.45) is 5.92 Å². The van der Waals surface area contributed by atoms with Gasteiger partial charge in [0.1, 0.15) is 11.3 Å². The molecular weight excluding hydrogens is 220 g/mol. The number of benzene rings is 1. The topological polar surface area (TPSA) is 63.6 Å². The molecule has 1 aromatic rings. The normalized spacial score (nSPS) is 15.8. The molecule has 1 N–H and O–H groups in total. The van der Waals surface area contributed by atoms with Crippen LogP contribution in [0.4, 0.5) is 0 Å². The van der Waals surface area contributed by atoms with Crippen LogP contribution < -0.4 is 4.74 Å². The summed E-state index contributed by atoms with van der Waals surface area (Å²) in [5.41, 5.74) is 0.0267. The van der Waals surface area contributed by atoms with E-state index in [1.54, 1.807) is 12.1 Å². The summed E-state index contributed by atoms with van der Waals surface area (Å²) >= 11 is 0. The zero-order chi connectivity index (χ0) is 12.3. The molecule has 2 rings (SSSR count). The van der Waals surface area contributed by atoms with E-state index in [-0.39, 0.29) is 23.2 Å². The number of esters is 1. The molecular formula is C13H14O4. The molecule has 90 valence electrons. The number of para-hydroxylation sites is 1. The maximum Gasteiger partial charge on any atom is 0.339 e. The van der Waals surface area contributed by atoms with Crippen molar-refractivity contribution in [1.29, 1.82) is 0 Å². The largest absolute Gasteiger partial charge is 0.478 e. The van der Waals surface area contributed by atoms with E-state index in [4.69, 9.17) is 9.84 Å². The fourth-order valence-electron chi connectivity index (χ4n) is 2.09. The molecule has 1 saturated carbocycles. The molecule has 0 bridgehead atoms. The minimum absolute atomic E-state index is 0.0267. The standard InChI is InChI=1S/C13H14O4/c14-12(15)10-7-3-4-8-11(10)17-13(16)9-5-1-2-6-9/h3-4,7-9H,1-2,5-6H2,(H,14,15). The van der Waals surface area contributed by atoms with E-state index in [2.05, 4.69) is 0 Å². The van der Waals surface area contributed by atoms with Crippen LogP contribution in [0.1, 0.15) is 36.0 Å². The Labute approximate surface area is 99.2 Å². The number of rotatable bonds is 3. The number of carboxylic acids is 1. The van der Waals surface area contributed by atoms with Crippen LogP contribution in [0.2, 0.25) is 0 Å². The minimum atomic E-state index is -1.08. The van der Waals surface area contributed by atoms with Crippen molar-refractivity contribution < 1.29 is 19.4 Å². The first kappa shape index (κ1) is 11.6. The van der Waals surface area contributed by atoms with Gasteiger partial charge in [0.2, 0.25) is 0 Å². The number of carboxylic acid groups (broad SMARTS) is 1. The number of hydrogen-bond donors (Lipinski definition) is 1. The lowest BCUT2D eigenvalue weighted by Crippen LogP contribution is -2.18. The van der Waals surface area contributed by atoms with Crippen LogP contribution in [-0.4, -0.2) is 17.0 Å². The van der Waals surface area contributed by atoms with E-state index in [1.807, 2.05) is 0 Å². The molecule has 0 radical (unpaired) electrons. The van der Waals surface area contributed by atoms with Gasteiger partial charge in [0.05, 0.1) is 5.92 Å². The van der Waals surface area contributed by atoms with Gasteiger partial charge in [0.25, 0.3) is 0 Å². The molecule has 0 aliphatic heterocycles. The Hall–Kier alpha value is -1.84. The van der Waals surface area contributed by atoms with E-state index in [0.29, 0.717) is 0 Å². The van der Waals surface area contributed by atoms with Gasteiger partial charge in [-0.3, -0.25) is 4.79 Å². The van der Waals surface area contributed by atoms with Crippen molar-refractivity contribution in [2.75, 3.05) is 0 Å². The molecule has 1 aliphatic rings. The minimum Gasteiger partial charge on any atom is -0.478 e. The van der Waals surface area contributed by atoms with Crippen LogP contribution in [0.25, 0.3) is 0 Å². The molecule has 1 fully saturated rings. The predicted octanol–water partition coefficient (Wildman–Crippen LogP) is 2.48. The van der Waals surface area contributed by atoms with Gasteiger partial charge in [-0.1, -0.05) is 25.0 Å². The average Bonchev–Trinajstić information content (AvgIpc) is 2.83. The van der Waals surface area contributed by atoms with E-state index in [0.717, 1.165) is 25.7 Å². The highest BCUT2D eigenvalue weighted by Crippen LogP contribution is 2.27. The van der Waals surface area contributed by atoms with E-state index >= 15 is 0 Å². The number of carbonyl (C=O) groups excluding carboxylic acids is 1. The van der Waals surface area contributed by atoms with Crippen LogP contribution >= 0.6 is 0 Å². The van der Waals surface area contributed by atoms with E-state index in [9.17, 15) is 9.59 Å². The molecule has 17 heavy (non-hydrogen) atoms. The second-order valence-electron chi connectivity index (χ2n) is 4.20. The van der Waals surface area contributed by atoms with Crippen LogP contribution in [-0.2, 0) is 4.79 Å². The van der Waals surface area contributed by atoms with Gasteiger partial charge in [0.15, 0.2) is 0 Å². The monoisotopic (exact) mass is 234 g/mol. The first-order valence-corrected chi connectivity index (χ1v) is 5.72. The molecule has 0 aromatic heterocycles. The fourth-order valence-corrected chi connectivity index (χ4v) is 2.09. The lowest BCUT2D eigenvalue weighted by atomic mass is 10.1. The van der Waals surface area contributed by atoms with Gasteiger partial charge < -0.3 is 9.84 Å². The number of aromatic carboxylic acids is 1. The maximum absolute atomic E-state index is 11.8. The fraction of sp³-hybridized carbons (Fsp3) is 0.385. The molecule has 0 heterocycles. The highest BCUT2D eigenvalue weighted by molar-refractivity contribution is 5.92. The molecule has 1 aliphatic carbocycles. The van der Waals surface area contributed by atoms with Crippen LogP contribution in [0.5, 0.6) is 5.75 Å². The molecule has 0 atom stereocenters. The second-order valence-corrected chi connectivity index (χ2v) is 4.20. The Morgan fingerprint density at radius 3 is 2.47 bits per heavy atom. The molecule has 0 saturated heterocycles. The summed E-state index contributed by atoms with van der Waals surface area (Å²) < 4.78 is 5.17. The van der Waals surface area contributed by atoms with Gasteiger partial charge in [-0.25, -0.2) is 4.79 Å². The highest BCUT2D eigenvalue weighted by Gasteiger charge is 2.25. The third-order valence-corrected chi connectivity index (χ3v) is 3.02. The predicted molar refractivity (Wildman–Crippen MR) is 61.0 cm³/mol. The van der Waals surface area contributed by atoms with E-state index in [1.165, 1.54) is 12.1 Å². The summed E-state index contributed by atoms with van der Waals surface area (Å²) in [6.45, 7) is 0. The van der Waals surface area contributed by atoms with Crippen LogP contribution in [0.15, 0.2) is 24.3 Å². The number of hydrogen-bond acceptors (Lipinski definition) is 3. The first-order chi connectivity index (χ1) is 8.18. The number of carbonyl (C=O) groups is 2. The third kappa shape index (κ3) is 2.64. The summed E-state index contributed by atoms with van der Waals surface area (Å²) in [7, 11) is 0. The van der Waals surface area contributed by atoms with Crippen LogP contribution in [0, 0.1) is 5.92 Å². The van der Waals surface area contributed by atoms with Gasteiger partial charge >= 0.3 is 11.9 Å². The van der Waals surface area contributed by atoms with Crippen LogP contribution in [0.3, 0.4) is 0 Å². The van der Waals surface area contributed by atoms with Gasteiger partial charge in [-0.05, 0) is 25.0 Å². The molecule has 0 spiro atoms. The van der Waals surface area contributed by atoms with Crippen molar-refractivity contribution in [1.82, 2.24) is 0 Å². The third-order valence-electron chi connectivity index (χ3n) is 3.02. The van der Waals surface area contributed by atoms with Crippen molar-refractivity contribution in [3.8, 4) is 5.75 Å². The molecule has 1 aromatic carbocycles. The first-order valence-electron chi connectivity index (χ1n) is 5.72. The summed E-state index contributed by atoms with van der Waals surface area (Å²) in [6, 6.07) is 6.20. The molecule has 4 nitrogen and oxygen atoms in total. The summed E-state index contributed by atoms with van der Waals surface area (Å²) in [6.07, 6.45) is 3.77. The Morgan fingerprint density at radius 2 is 1.82 bits per heavy atom. The van der Waals surface area contributed by atoms with Crippen molar-refractivity contribution in [2.45, 2.75) is 25.7 Å². The quantitative estimate of drug-likeness (QED) is 0.644. The lowest BCUT2D eigenvalue weighted by Gasteiger charge is -2.10. The maximum atomic E-state index is 11.8. The van der Waals surface area contributed by atoms with Gasteiger partial charge in [0, 0.05) is 0 Å². The zero-order valence-corrected chi connectivity index (χ0v) is 9.39. The SMILES string of the molecule is O=C(O)c1ccccc1OC(=O)C1CCCC1. The average molecular weight is 234 g/mol. The Bertz CT molecular complexity index is 433. The van der Waals surface area contributed by atoms with E-state index < -0.39 is 5.97 Å². The highest BCUT2D eigenvalue weighted by atomic mass is 16.5. The second kappa shape index (κ2) is 4.99. The molecule has 0 amide bonds. The van der Waals surface area contributed by atoms with Gasteiger partial charge in [-0.15, -0.1) is 0 Å². The summed E-state index contributed by atoms with van der Waals surface area (Å²) in [4.78, 5) is 22.7. The van der Waals surface area contributed by atoms with Gasteiger partial charge in [-0.2, -0.15) is 0 Å². The van der Waals surface area contributed by atoms with Crippen molar-refractivity contribution in [3.05, 3.63) is 29.8 Å². The Morgan fingerprint density at radius 1 is 1.18 bits per heavy atom. The summed E-state index contributed by atoms with van der Waals surface area (Å²) in [5.74, 6) is -1.33. The Kier molecular flexibility index (Phi) is 3.42.